The molecule has 1 amide bonds. The molecule has 19 heavy (non-hydrogen) atoms. The van der Waals surface area contributed by atoms with Crippen LogP contribution < -0.4 is 10.1 Å². The molecule has 2 aromatic carbocycles. The lowest BCUT2D eigenvalue weighted by molar-refractivity contribution is 0.102. The van der Waals surface area contributed by atoms with Crippen molar-refractivity contribution in [1.82, 2.24) is 0 Å². The number of halogens is 2. The summed E-state index contributed by atoms with van der Waals surface area (Å²) in [5.74, 6) is 0.394. The van der Waals surface area contributed by atoms with Crippen LogP contribution in [0.2, 0.25) is 5.02 Å². The lowest BCUT2D eigenvalue weighted by atomic mass is 10.2. The Morgan fingerprint density at radius 2 is 2.00 bits per heavy atom. The Kier molecular flexibility index (Phi) is 4.45. The topological polar surface area (TPSA) is 38.3 Å². The number of carbonyl (C=O) groups excluding carboxylic acids is 1. The molecule has 5 heteroatoms. The smallest absolute Gasteiger partial charge is 0.255 e. The highest BCUT2D eigenvalue weighted by Gasteiger charge is 2.10. The Hall–Kier alpha value is -1.52. The number of ether oxygens (including phenoxy) is 1. The molecular weight excluding hydrogens is 330 g/mol. The minimum atomic E-state index is -0.220. The molecule has 0 atom stereocenters. The van der Waals surface area contributed by atoms with E-state index in [0.29, 0.717) is 26.5 Å². The molecule has 3 nitrogen and oxygen atoms in total. The average molecular weight is 341 g/mol. The summed E-state index contributed by atoms with van der Waals surface area (Å²) in [5, 5.41) is 3.36. The van der Waals surface area contributed by atoms with Gasteiger partial charge in [0.25, 0.3) is 5.91 Å². The van der Waals surface area contributed by atoms with Crippen molar-refractivity contribution in [2.45, 2.75) is 0 Å². The molecule has 0 fully saturated rings. The van der Waals surface area contributed by atoms with Crippen molar-refractivity contribution in [1.29, 1.82) is 0 Å². The Labute approximate surface area is 124 Å². The number of hydrogen-bond acceptors (Lipinski definition) is 2. The Morgan fingerprint density at radius 1 is 1.26 bits per heavy atom. The molecule has 0 aromatic heterocycles. The molecule has 0 spiro atoms. The molecule has 2 aromatic rings. The first kappa shape index (κ1) is 13.9. The van der Waals surface area contributed by atoms with E-state index in [0.717, 1.165) is 0 Å². The number of carbonyl (C=O) groups is 1. The number of anilines is 1. The molecule has 0 bridgehead atoms. The van der Waals surface area contributed by atoms with Gasteiger partial charge >= 0.3 is 0 Å². The van der Waals surface area contributed by atoms with Crippen LogP contribution in [0.1, 0.15) is 10.4 Å². The molecule has 0 saturated carbocycles. The van der Waals surface area contributed by atoms with Gasteiger partial charge in [-0.05, 0) is 46.3 Å². The maximum Gasteiger partial charge on any atom is 0.255 e. The first-order valence-corrected chi connectivity index (χ1v) is 6.68. The highest BCUT2D eigenvalue weighted by Crippen LogP contribution is 2.26. The van der Waals surface area contributed by atoms with Crippen molar-refractivity contribution in [3.63, 3.8) is 0 Å². The monoisotopic (exact) mass is 339 g/mol. The second-order valence-electron chi connectivity index (χ2n) is 3.78. The number of rotatable bonds is 3. The second-order valence-corrected chi connectivity index (χ2v) is 5.04. The van der Waals surface area contributed by atoms with Crippen molar-refractivity contribution in [2.75, 3.05) is 12.4 Å². The summed E-state index contributed by atoms with van der Waals surface area (Å²) in [4.78, 5) is 12.1. The third-order valence-corrected chi connectivity index (χ3v) is 3.75. The van der Waals surface area contributed by atoms with Crippen molar-refractivity contribution in [3.05, 3.63) is 57.5 Å². The highest BCUT2D eigenvalue weighted by molar-refractivity contribution is 9.10. The molecule has 0 saturated heterocycles. The molecule has 0 aliphatic carbocycles. The van der Waals surface area contributed by atoms with Crippen LogP contribution in [0, 0.1) is 0 Å². The first-order chi connectivity index (χ1) is 9.11. The van der Waals surface area contributed by atoms with Gasteiger partial charge < -0.3 is 10.1 Å². The van der Waals surface area contributed by atoms with E-state index >= 15 is 0 Å². The summed E-state index contributed by atoms with van der Waals surface area (Å²) < 4.78 is 5.86. The van der Waals surface area contributed by atoms with Gasteiger partial charge in [0.1, 0.15) is 5.75 Å². The zero-order valence-corrected chi connectivity index (χ0v) is 12.5. The Bertz CT molecular complexity index is 616. The summed E-state index contributed by atoms with van der Waals surface area (Å²) in [7, 11) is 1.56. The largest absolute Gasteiger partial charge is 0.495 e. The van der Waals surface area contributed by atoms with Crippen molar-refractivity contribution in [3.8, 4) is 5.75 Å². The van der Waals surface area contributed by atoms with E-state index in [4.69, 9.17) is 16.3 Å². The number of para-hydroxylation sites is 2. The lowest BCUT2D eigenvalue weighted by Gasteiger charge is -2.10. The van der Waals surface area contributed by atoms with Gasteiger partial charge in [0.15, 0.2) is 0 Å². The van der Waals surface area contributed by atoms with Gasteiger partial charge in [0, 0.05) is 10.0 Å². The van der Waals surface area contributed by atoms with E-state index in [1.165, 1.54) is 0 Å². The first-order valence-electron chi connectivity index (χ1n) is 5.51. The van der Waals surface area contributed by atoms with E-state index in [2.05, 4.69) is 21.2 Å². The number of benzene rings is 2. The molecule has 0 heterocycles. The van der Waals surface area contributed by atoms with Gasteiger partial charge in [-0.15, -0.1) is 0 Å². The third-order valence-electron chi connectivity index (χ3n) is 2.54. The SMILES string of the molecule is COc1ccccc1NC(=O)c1ccc(Cl)c(Br)c1. The van der Waals surface area contributed by atoms with Crippen LogP contribution >= 0.6 is 27.5 Å². The van der Waals surface area contributed by atoms with Crippen LogP contribution in [0.3, 0.4) is 0 Å². The minimum absolute atomic E-state index is 0.220. The van der Waals surface area contributed by atoms with Gasteiger partial charge in [-0.2, -0.15) is 0 Å². The van der Waals surface area contributed by atoms with Crippen molar-refractivity contribution in [2.24, 2.45) is 0 Å². The lowest BCUT2D eigenvalue weighted by Crippen LogP contribution is -2.12. The molecule has 0 radical (unpaired) electrons. The molecule has 0 unspecified atom stereocenters. The van der Waals surface area contributed by atoms with Crippen molar-refractivity contribution >= 4 is 39.1 Å². The van der Waals surface area contributed by atoms with Crippen LogP contribution in [-0.2, 0) is 0 Å². The molecule has 0 aliphatic heterocycles. The van der Waals surface area contributed by atoms with Crippen LogP contribution in [0.4, 0.5) is 5.69 Å². The number of hydrogen-bond donors (Lipinski definition) is 1. The summed E-state index contributed by atoms with van der Waals surface area (Å²) in [5.41, 5.74) is 1.14. The maximum absolute atomic E-state index is 12.1. The van der Waals surface area contributed by atoms with E-state index < -0.39 is 0 Å². The minimum Gasteiger partial charge on any atom is -0.495 e. The van der Waals surface area contributed by atoms with Crippen LogP contribution in [-0.4, -0.2) is 13.0 Å². The van der Waals surface area contributed by atoms with Crippen LogP contribution in [0.15, 0.2) is 46.9 Å². The number of amides is 1. The normalized spacial score (nSPS) is 10.1. The second kappa shape index (κ2) is 6.08. The number of nitrogens with one attached hydrogen (secondary N) is 1. The summed E-state index contributed by atoms with van der Waals surface area (Å²) in [6, 6.07) is 12.2. The van der Waals surface area contributed by atoms with Crippen molar-refractivity contribution < 1.29 is 9.53 Å². The standard InChI is InChI=1S/C14H11BrClNO2/c1-19-13-5-3-2-4-12(13)17-14(18)9-6-7-11(16)10(15)8-9/h2-8H,1H3,(H,17,18). The zero-order valence-electron chi connectivity index (χ0n) is 10.1. The summed E-state index contributed by atoms with van der Waals surface area (Å²) in [6.45, 7) is 0. The van der Waals surface area contributed by atoms with Crippen LogP contribution in [0.5, 0.6) is 5.75 Å². The molecular formula is C14H11BrClNO2. The number of methoxy groups -OCH3 is 1. The van der Waals surface area contributed by atoms with E-state index in [9.17, 15) is 4.79 Å². The third kappa shape index (κ3) is 3.28. The van der Waals surface area contributed by atoms with Gasteiger partial charge in [0.2, 0.25) is 0 Å². The maximum atomic E-state index is 12.1. The van der Waals surface area contributed by atoms with Gasteiger partial charge in [-0.3, -0.25) is 4.79 Å². The fourth-order valence-electron chi connectivity index (χ4n) is 1.58. The summed E-state index contributed by atoms with van der Waals surface area (Å²) >= 11 is 9.19. The van der Waals surface area contributed by atoms with Gasteiger partial charge in [0.05, 0.1) is 17.8 Å². The fourth-order valence-corrected chi connectivity index (χ4v) is 2.08. The average Bonchev–Trinajstić information content (AvgIpc) is 2.42. The quantitative estimate of drug-likeness (QED) is 0.901. The summed E-state index contributed by atoms with van der Waals surface area (Å²) in [6.07, 6.45) is 0. The molecule has 1 N–H and O–H groups in total. The molecule has 0 aliphatic rings. The van der Waals surface area contributed by atoms with Crippen LogP contribution in [0.25, 0.3) is 0 Å². The predicted molar refractivity (Wildman–Crippen MR) is 80.1 cm³/mol. The Balaban J connectivity index is 2.23. The van der Waals surface area contributed by atoms with E-state index in [1.54, 1.807) is 37.4 Å². The molecule has 2 rings (SSSR count). The molecule has 98 valence electrons. The van der Waals surface area contributed by atoms with Gasteiger partial charge in [-0.1, -0.05) is 23.7 Å². The fraction of sp³-hybridized carbons (Fsp3) is 0.0714. The predicted octanol–water partition coefficient (Wildman–Crippen LogP) is 4.36. The highest BCUT2D eigenvalue weighted by atomic mass is 79.9. The van der Waals surface area contributed by atoms with E-state index in [1.807, 2.05) is 12.1 Å². The van der Waals surface area contributed by atoms with E-state index in [-0.39, 0.29) is 5.91 Å². The Morgan fingerprint density at radius 3 is 2.68 bits per heavy atom. The van der Waals surface area contributed by atoms with Gasteiger partial charge in [-0.25, -0.2) is 0 Å². The zero-order chi connectivity index (χ0) is 13.8.